The van der Waals surface area contributed by atoms with E-state index in [1.54, 1.807) is 19.3 Å². The van der Waals surface area contributed by atoms with Crippen LogP contribution in [-0.2, 0) is 7.05 Å². The van der Waals surface area contributed by atoms with Crippen LogP contribution in [0, 0.1) is 6.92 Å². The van der Waals surface area contributed by atoms with Crippen molar-refractivity contribution in [3.63, 3.8) is 0 Å². The van der Waals surface area contributed by atoms with Gasteiger partial charge in [-0.3, -0.25) is 14.6 Å². The second kappa shape index (κ2) is 4.31. The maximum absolute atomic E-state index is 10.4. The van der Waals surface area contributed by atoms with E-state index in [1.807, 2.05) is 6.92 Å². The smallest absolute Gasteiger partial charge is 0.266 e. The highest BCUT2D eigenvalue weighted by atomic mass is 16.1. The van der Waals surface area contributed by atoms with Crippen molar-refractivity contribution in [2.24, 2.45) is 7.05 Å². The van der Waals surface area contributed by atoms with Crippen LogP contribution in [-0.4, -0.2) is 20.0 Å². The Morgan fingerprint density at radius 2 is 2.29 bits per heavy atom. The van der Waals surface area contributed by atoms with Gasteiger partial charge in [0.2, 0.25) is 0 Å². The lowest BCUT2D eigenvalue weighted by Crippen LogP contribution is -2.09. The Kier molecular flexibility index (Phi) is 3.11. The third-order valence-corrected chi connectivity index (χ3v) is 1.55. The van der Waals surface area contributed by atoms with Gasteiger partial charge in [-0.15, -0.1) is 0 Å². The second-order valence-electron chi connectivity index (χ2n) is 2.84. The molecule has 0 aliphatic rings. The molecule has 0 spiro atoms. The van der Waals surface area contributed by atoms with Crippen molar-refractivity contribution >= 4 is 5.82 Å². The summed E-state index contributed by atoms with van der Waals surface area (Å²) in [7, 11) is 1.67. The lowest BCUT2D eigenvalue weighted by atomic mass is 10.5. The van der Waals surface area contributed by atoms with Crippen molar-refractivity contribution in [1.82, 2.24) is 20.0 Å². The molecule has 0 fully saturated rings. The number of aryl methyl sites for hydroxylation is 2. The fourth-order valence-electron chi connectivity index (χ4n) is 0.835. The molecule has 6 heteroatoms. The van der Waals surface area contributed by atoms with Crippen molar-refractivity contribution in [2.45, 2.75) is 6.92 Å². The number of aromatic amines is 2. The second-order valence-corrected chi connectivity index (χ2v) is 2.84. The van der Waals surface area contributed by atoms with E-state index in [1.165, 1.54) is 10.7 Å². The fraction of sp³-hybridized carbons (Fsp3) is 0.250. The number of rotatable bonds is 0. The zero-order valence-electron chi connectivity index (χ0n) is 8.11. The monoisotopic (exact) mass is 195 g/mol. The van der Waals surface area contributed by atoms with E-state index in [-0.39, 0.29) is 5.56 Å². The van der Waals surface area contributed by atoms with Gasteiger partial charge in [-0.25, -0.2) is 0 Å². The third-order valence-electron chi connectivity index (χ3n) is 1.55. The molecule has 6 nitrogen and oxygen atoms in total. The highest BCUT2D eigenvalue weighted by Gasteiger charge is 1.85. The summed E-state index contributed by atoms with van der Waals surface area (Å²) in [6, 6.07) is 3.25. The molecular formula is C8H13N5O. The van der Waals surface area contributed by atoms with Crippen LogP contribution >= 0.6 is 0 Å². The molecule has 0 aromatic carbocycles. The van der Waals surface area contributed by atoms with E-state index in [0.717, 1.165) is 5.69 Å². The maximum Gasteiger partial charge on any atom is 0.266 e. The van der Waals surface area contributed by atoms with Gasteiger partial charge in [0.25, 0.3) is 5.56 Å². The molecule has 0 bridgehead atoms. The van der Waals surface area contributed by atoms with E-state index in [2.05, 4.69) is 15.3 Å². The standard InChI is InChI=1S/C4H7N3.C4H6N2O/c1-3-2-4(5)7-6-3;1-6-4(7)2-3-5-6/h2H,1H3,(H3,5,6,7);2-3,5H,1H3. The SMILES string of the molecule is Cc1cc(N)n[nH]1.Cn1[nH]ccc1=O. The van der Waals surface area contributed by atoms with Gasteiger partial charge < -0.3 is 10.8 Å². The molecule has 2 aromatic rings. The summed E-state index contributed by atoms with van der Waals surface area (Å²) < 4.78 is 1.40. The number of hydrogen-bond acceptors (Lipinski definition) is 3. The summed E-state index contributed by atoms with van der Waals surface area (Å²) in [6.45, 7) is 1.91. The number of hydrogen-bond donors (Lipinski definition) is 3. The molecule has 2 aromatic heterocycles. The Hall–Kier alpha value is -1.98. The van der Waals surface area contributed by atoms with Crippen LogP contribution in [0.1, 0.15) is 5.69 Å². The number of nitrogen functional groups attached to an aromatic ring is 1. The average molecular weight is 195 g/mol. The molecule has 0 radical (unpaired) electrons. The highest BCUT2D eigenvalue weighted by Crippen LogP contribution is 1.95. The van der Waals surface area contributed by atoms with Crippen molar-refractivity contribution < 1.29 is 0 Å². The Labute approximate surface area is 80.7 Å². The average Bonchev–Trinajstić information content (AvgIpc) is 2.65. The predicted molar refractivity (Wildman–Crippen MR) is 53.8 cm³/mol. The molecule has 0 aliphatic carbocycles. The molecule has 2 heterocycles. The van der Waals surface area contributed by atoms with E-state index >= 15 is 0 Å². The van der Waals surface area contributed by atoms with Crippen molar-refractivity contribution in [2.75, 3.05) is 5.73 Å². The van der Waals surface area contributed by atoms with Gasteiger partial charge in [0, 0.05) is 31.1 Å². The fourth-order valence-corrected chi connectivity index (χ4v) is 0.835. The topological polar surface area (TPSA) is 92.5 Å². The van der Waals surface area contributed by atoms with Crippen molar-refractivity contribution in [1.29, 1.82) is 0 Å². The van der Waals surface area contributed by atoms with E-state index in [0.29, 0.717) is 5.82 Å². The number of nitrogens with one attached hydrogen (secondary N) is 2. The van der Waals surface area contributed by atoms with Gasteiger partial charge in [-0.05, 0) is 6.92 Å². The Morgan fingerprint density at radius 1 is 1.57 bits per heavy atom. The van der Waals surface area contributed by atoms with Crippen LogP contribution in [0.15, 0.2) is 23.1 Å². The Morgan fingerprint density at radius 3 is 2.43 bits per heavy atom. The summed E-state index contributed by atoms with van der Waals surface area (Å²) in [5, 5.41) is 9.03. The minimum Gasteiger partial charge on any atom is -0.382 e. The first kappa shape index (κ1) is 10.1. The number of nitrogens with zero attached hydrogens (tertiary/aromatic N) is 2. The van der Waals surface area contributed by atoms with Crippen molar-refractivity contribution in [3.8, 4) is 0 Å². The lowest BCUT2D eigenvalue weighted by Gasteiger charge is -1.79. The number of nitrogens with two attached hydrogens (primary N) is 1. The van der Waals surface area contributed by atoms with Crippen LogP contribution < -0.4 is 11.3 Å². The van der Waals surface area contributed by atoms with E-state index in [9.17, 15) is 4.79 Å². The molecule has 14 heavy (non-hydrogen) atoms. The Bertz CT molecular complexity index is 422. The van der Waals surface area contributed by atoms with Gasteiger partial charge in [-0.1, -0.05) is 0 Å². The first-order chi connectivity index (χ1) is 6.59. The minimum absolute atomic E-state index is 0.000000000000000222. The number of aromatic nitrogens is 4. The molecule has 2 rings (SSSR count). The first-order valence-corrected chi connectivity index (χ1v) is 4.07. The normalized spacial score (nSPS) is 9.29. The van der Waals surface area contributed by atoms with E-state index < -0.39 is 0 Å². The van der Waals surface area contributed by atoms with E-state index in [4.69, 9.17) is 5.73 Å². The van der Waals surface area contributed by atoms with Crippen LogP contribution in [0.4, 0.5) is 5.82 Å². The van der Waals surface area contributed by atoms with Crippen LogP contribution in [0.25, 0.3) is 0 Å². The zero-order valence-corrected chi connectivity index (χ0v) is 8.11. The van der Waals surface area contributed by atoms with Crippen LogP contribution in [0.5, 0.6) is 0 Å². The van der Waals surface area contributed by atoms with Gasteiger partial charge in [0.1, 0.15) is 5.82 Å². The number of anilines is 1. The number of H-pyrrole nitrogens is 2. The van der Waals surface area contributed by atoms with Gasteiger partial charge in [0.05, 0.1) is 0 Å². The summed E-state index contributed by atoms with van der Waals surface area (Å²) in [6.07, 6.45) is 1.60. The zero-order chi connectivity index (χ0) is 10.6. The largest absolute Gasteiger partial charge is 0.382 e. The van der Waals surface area contributed by atoms with Crippen LogP contribution in [0.2, 0.25) is 0 Å². The molecule has 0 unspecified atom stereocenters. The molecule has 0 aliphatic heterocycles. The lowest BCUT2D eigenvalue weighted by molar-refractivity contribution is 0.740. The maximum atomic E-state index is 10.4. The molecule has 0 saturated carbocycles. The van der Waals surface area contributed by atoms with Crippen molar-refractivity contribution in [3.05, 3.63) is 34.4 Å². The summed E-state index contributed by atoms with van der Waals surface area (Å²) >= 11 is 0. The molecule has 0 atom stereocenters. The predicted octanol–water partition coefficient (Wildman–Crippen LogP) is 0.0137. The highest BCUT2D eigenvalue weighted by molar-refractivity contribution is 5.27. The summed E-state index contributed by atoms with van der Waals surface area (Å²) in [5.41, 5.74) is 6.23. The quantitative estimate of drug-likeness (QED) is 0.553. The van der Waals surface area contributed by atoms with Crippen LogP contribution in [0.3, 0.4) is 0 Å². The molecule has 0 saturated heterocycles. The van der Waals surface area contributed by atoms with Gasteiger partial charge in [0.15, 0.2) is 0 Å². The summed E-state index contributed by atoms with van der Waals surface area (Å²) in [4.78, 5) is 10.4. The summed E-state index contributed by atoms with van der Waals surface area (Å²) in [5.74, 6) is 0.553. The minimum atomic E-state index is 0.000000000000000222. The first-order valence-electron chi connectivity index (χ1n) is 4.07. The molecule has 76 valence electrons. The molecule has 4 N–H and O–H groups in total. The third kappa shape index (κ3) is 2.81. The Balaban J connectivity index is 0.000000140. The molecule has 0 amide bonds. The van der Waals surface area contributed by atoms with Gasteiger partial charge in [-0.2, -0.15) is 5.10 Å². The van der Waals surface area contributed by atoms with Gasteiger partial charge >= 0.3 is 0 Å². The molecular weight excluding hydrogens is 182 g/mol.